The Kier molecular flexibility index (Phi) is 6.80. The smallest absolute Gasteiger partial charge is 0.237 e. The van der Waals surface area contributed by atoms with Crippen LogP contribution in [0, 0.1) is 0 Å². The molecule has 1 N–H and O–H groups in total. The second kappa shape index (κ2) is 8.84. The first-order valence-corrected chi connectivity index (χ1v) is 8.36. The molecule has 0 spiro atoms. The lowest BCUT2D eigenvalue weighted by Gasteiger charge is -2.34. The fourth-order valence-electron chi connectivity index (χ4n) is 2.69. The molecule has 2 fully saturated rings. The van der Waals surface area contributed by atoms with Gasteiger partial charge in [-0.1, -0.05) is 12.2 Å². The van der Waals surface area contributed by atoms with E-state index in [1.165, 1.54) is 0 Å². The van der Waals surface area contributed by atoms with Crippen LogP contribution >= 0.6 is 0 Å². The first-order valence-electron chi connectivity index (χ1n) is 8.36. The highest BCUT2D eigenvalue weighted by molar-refractivity contribution is 5.79. The summed E-state index contributed by atoms with van der Waals surface area (Å²) in [6.07, 6.45) is 5.71. The van der Waals surface area contributed by atoms with E-state index in [0.717, 1.165) is 39.0 Å². The first kappa shape index (κ1) is 17.7. The predicted octanol–water partition coefficient (Wildman–Crippen LogP) is 0.0832. The second-order valence-corrected chi connectivity index (χ2v) is 6.27. The van der Waals surface area contributed by atoms with Gasteiger partial charge in [-0.05, 0) is 12.8 Å². The summed E-state index contributed by atoms with van der Waals surface area (Å²) < 4.78 is 0. The highest BCUT2D eigenvalue weighted by atomic mass is 16.2. The van der Waals surface area contributed by atoms with E-state index >= 15 is 0 Å². The molecule has 0 unspecified atom stereocenters. The Morgan fingerprint density at radius 3 is 2.00 bits per heavy atom. The molecule has 1 saturated heterocycles. The second-order valence-electron chi connectivity index (χ2n) is 6.27. The van der Waals surface area contributed by atoms with Crippen LogP contribution in [-0.2, 0) is 9.59 Å². The quantitative estimate of drug-likeness (QED) is 0.612. The van der Waals surface area contributed by atoms with Crippen LogP contribution in [-0.4, -0.2) is 84.9 Å². The Hall–Kier alpha value is -1.66. The third kappa shape index (κ3) is 6.15. The molecular formula is C17H28N4O2. The Balaban J connectivity index is 1.68. The van der Waals surface area contributed by atoms with Gasteiger partial charge >= 0.3 is 0 Å². The average Bonchev–Trinajstić information content (AvgIpc) is 3.33. The van der Waals surface area contributed by atoms with Crippen molar-refractivity contribution in [2.75, 3.05) is 52.4 Å². The average molecular weight is 320 g/mol. The molecule has 0 atom stereocenters. The topological polar surface area (TPSA) is 55.9 Å². The van der Waals surface area contributed by atoms with Crippen molar-refractivity contribution in [3.8, 4) is 0 Å². The summed E-state index contributed by atoms with van der Waals surface area (Å²) in [6, 6.07) is 0.419. The van der Waals surface area contributed by atoms with E-state index in [-0.39, 0.29) is 11.8 Å². The van der Waals surface area contributed by atoms with E-state index in [2.05, 4.69) is 28.3 Å². The van der Waals surface area contributed by atoms with Crippen molar-refractivity contribution in [1.82, 2.24) is 20.0 Å². The number of rotatable bonds is 9. The van der Waals surface area contributed by atoms with Crippen molar-refractivity contribution in [2.24, 2.45) is 0 Å². The van der Waals surface area contributed by atoms with Gasteiger partial charge in [-0.2, -0.15) is 0 Å². The number of carbonyl (C=O) groups excluding carboxylic acids is 2. The molecular weight excluding hydrogens is 292 g/mol. The van der Waals surface area contributed by atoms with E-state index in [9.17, 15) is 9.59 Å². The van der Waals surface area contributed by atoms with Crippen LogP contribution in [0.2, 0.25) is 0 Å². The van der Waals surface area contributed by atoms with E-state index in [0.29, 0.717) is 32.2 Å². The summed E-state index contributed by atoms with van der Waals surface area (Å²) in [4.78, 5) is 30.1. The fraction of sp³-hybridized carbons (Fsp3) is 0.647. The number of carbonyl (C=O) groups is 2. The molecule has 23 heavy (non-hydrogen) atoms. The maximum absolute atomic E-state index is 12.3. The normalized spacial score (nSPS) is 19.1. The summed E-state index contributed by atoms with van der Waals surface area (Å²) in [5, 5.41) is 3.01. The van der Waals surface area contributed by atoms with Gasteiger partial charge in [-0.3, -0.25) is 19.4 Å². The molecule has 1 aliphatic carbocycles. The van der Waals surface area contributed by atoms with Crippen molar-refractivity contribution in [3.63, 3.8) is 0 Å². The summed E-state index contributed by atoms with van der Waals surface area (Å²) in [5.74, 6) is 0.227. The SMILES string of the molecule is C=CCN(CC=C)C(=O)CN1CCN(CC(=O)NC2CC2)CC1. The molecule has 1 aliphatic heterocycles. The molecule has 1 saturated carbocycles. The van der Waals surface area contributed by atoms with Crippen LogP contribution in [0.15, 0.2) is 25.3 Å². The monoisotopic (exact) mass is 320 g/mol. The van der Waals surface area contributed by atoms with Crippen LogP contribution in [0.25, 0.3) is 0 Å². The molecule has 0 aromatic rings. The molecule has 0 bridgehead atoms. The number of piperazine rings is 1. The van der Waals surface area contributed by atoms with Gasteiger partial charge in [0, 0.05) is 45.3 Å². The highest BCUT2D eigenvalue weighted by Gasteiger charge is 2.26. The summed E-state index contributed by atoms with van der Waals surface area (Å²) in [7, 11) is 0. The molecule has 6 nitrogen and oxygen atoms in total. The number of hydrogen-bond donors (Lipinski definition) is 1. The van der Waals surface area contributed by atoms with E-state index in [1.807, 2.05) is 0 Å². The zero-order valence-electron chi connectivity index (χ0n) is 13.9. The van der Waals surface area contributed by atoms with Crippen LogP contribution in [0.3, 0.4) is 0 Å². The molecule has 0 aromatic carbocycles. The maximum Gasteiger partial charge on any atom is 0.237 e. The highest BCUT2D eigenvalue weighted by Crippen LogP contribution is 2.18. The summed E-state index contributed by atoms with van der Waals surface area (Å²) >= 11 is 0. The molecule has 6 heteroatoms. The van der Waals surface area contributed by atoms with Gasteiger partial charge < -0.3 is 10.2 Å². The molecule has 2 rings (SSSR count). The number of hydrogen-bond acceptors (Lipinski definition) is 4. The largest absolute Gasteiger partial charge is 0.352 e. The van der Waals surface area contributed by atoms with E-state index in [4.69, 9.17) is 0 Å². The van der Waals surface area contributed by atoms with Gasteiger partial charge in [0.2, 0.25) is 11.8 Å². The minimum absolute atomic E-state index is 0.102. The maximum atomic E-state index is 12.3. The van der Waals surface area contributed by atoms with Crippen molar-refractivity contribution >= 4 is 11.8 Å². The van der Waals surface area contributed by atoms with Crippen LogP contribution in [0.5, 0.6) is 0 Å². The van der Waals surface area contributed by atoms with Gasteiger partial charge in [-0.25, -0.2) is 0 Å². The number of nitrogens with one attached hydrogen (secondary N) is 1. The van der Waals surface area contributed by atoms with Crippen molar-refractivity contribution in [2.45, 2.75) is 18.9 Å². The van der Waals surface area contributed by atoms with Gasteiger partial charge in [0.25, 0.3) is 0 Å². The Morgan fingerprint density at radius 2 is 1.52 bits per heavy atom. The minimum atomic E-state index is 0.102. The summed E-state index contributed by atoms with van der Waals surface area (Å²) in [5.41, 5.74) is 0. The molecule has 0 aromatic heterocycles. The number of nitrogens with zero attached hydrogens (tertiary/aromatic N) is 3. The lowest BCUT2D eigenvalue weighted by molar-refractivity contribution is -0.132. The van der Waals surface area contributed by atoms with Crippen LogP contribution in [0.4, 0.5) is 0 Å². The Bertz CT molecular complexity index is 430. The van der Waals surface area contributed by atoms with Crippen molar-refractivity contribution in [3.05, 3.63) is 25.3 Å². The van der Waals surface area contributed by atoms with Crippen molar-refractivity contribution in [1.29, 1.82) is 0 Å². The lowest BCUT2D eigenvalue weighted by atomic mass is 10.3. The number of amides is 2. The lowest BCUT2D eigenvalue weighted by Crippen LogP contribution is -2.52. The Labute approximate surface area is 138 Å². The molecule has 1 heterocycles. The van der Waals surface area contributed by atoms with E-state index in [1.54, 1.807) is 17.1 Å². The third-order valence-electron chi connectivity index (χ3n) is 4.19. The molecule has 128 valence electrons. The third-order valence-corrected chi connectivity index (χ3v) is 4.19. The van der Waals surface area contributed by atoms with Crippen LogP contribution in [0.1, 0.15) is 12.8 Å². The van der Waals surface area contributed by atoms with Gasteiger partial charge in [0.15, 0.2) is 0 Å². The van der Waals surface area contributed by atoms with E-state index < -0.39 is 0 Å². The van der Waals surface area contributed by atoms with Gasteiger partial charge in [-0.15, -0.1) is 13.2 Å². The fourth-order valence-corrected chi connectivity index (χ4v) is 2.69. The Morgan fingerprint density at radius 1 is 1.00 bits per heavy atom. The molecule has 2 aliphatic rings. The zero-order chi connectivity index (χ0) is 16.7. The van der Waals surface area contributed by atoms with Gasteiger partial charge in [0.1, 0.15) is 0 Å². The zero-order valence-corrected chi connectivity index (χ0v) is 13.9. The standard InChI is InChI=1S/C17H28N4O2/c1-3-7-21(8-4-2)17(23)14-20-11-9-19(10-12-20)13-16(22)18-15-5-6-15/h3-4,15H,1-2,5-14H2,(H,18,22). The van der Waals surface area contributed by atoms with Crippen molar-refractivity contribution < 1.29 is 9.59 Å². The first-order chi connectivity index (χ1) is 11.1. The predicted molar refractivity (Wildman–Crippen MR) is 91.0 cm³/mol. The summed E-state index contributed by atoms with van der Waals surface area (Å²) in [6.45, 7) is 12.7. The minimum Gasteiger partial charge on any atom is -0.352 e. The molecule has 0 radical (unpaired) electrons. The molecule has 2 amide bonds. The van der Waals surface area contributed by atoms with Gasteiger partial charge in [0.05, 0.1) is 13.1 Å². The van der Waals surface area contributed by atoms with Crippen LogP contribution < -0.4 is 5.32 Å².